The Hall–Kier alpha value is -3.39. The van der Waals surface area contributed by atoms with Crippen LogP contribution in [0.15, 0.2) is 83.4 Å². The average molecular weight is 412 g/mol. The molecule has 0 aliphatic carbocycles. The van der Waals surface area contributed by atoms with Gasteiger partial charge in [0, 0.05) is 11.8 Å². The summed E-state index contributed by atoms with van der Waals surface area (Å²) < 4.78 is 41.1. The lowest BCUT2D eigenvalue weighted by molar-refractivity contribution is -0.136. The fourth-order valence-electron chi connectivity index (χ4n) is 2.80. The Morgan fingerprint density at radius 3 is 2.45 bits per heavy atom. The first kappa shape index (κ1) is 18.9. The monoisotopic (exact) mass is 412 g/mol. The minimum absolute atomic E-state index is 0.107. The molecule has 4 aromatic rings. The van der Waals surface area contributed by atoms with E-state index in [4.69, 9.17) is 0 Å². The van der Waals surface area contributed by atoms with Crippen LogP contribution in [-0.2, 0) is 6.18 Å². The third kappa shape index (κ3) is 4.22. The van der Waals surface area contributed by atoms with Crippen molar-refractivity contribution >= 4 is 23.2 Å². The van der Waals surface area contributed by atoms with Gasteiger partial charge in [0.05, 0.1) is 28.0 Å². The molecule has 2 aromatic heterocycles. The highest BCUT2D eigenvalue weighted by Gasteiger charge is 2.33. The molecular formula is C21H15F3N4S. The zero-order chi connectivity index (χ0) is 20.3. The number of hydrazone groups is 1. The first-order valence-electron chi connectivity index (χ1n) is 8.66. The van der Waals surface area contributed by atoms with Gasteiger partial charge >= 0.3 is 6.18 Å². The maximum absolute atomic E-state index is 13.1. The molecule has 0 saturated heterocycles. The van der Waals surface area contributed by atoms with Crippen molar-refractivity contribution in [3.05, 3.63) is 89.4 Å². The highest BCUT2D eigenvalue weighted by Crippen LogP contribution is 2.34. The Kier molecular flexibility index (Phi) is 5.18. The SMILES string of the molecule is FC(F)(F)c1ccccc1N/N=C/c1cn(-c2ccccc2)nc1-c1cccs1. The van der Waals surface area contributed by atoms with Crippen molar-refractivity contribution in [3.63, 3.8) is 0 Å². The maximum atomic E-state index is 13.1. The van der Waals surface area contributed by atoms with E-state index in [2.05, 4.69) is 15.6 Å². The summed E-state index contributed by atoms with van der Waals surface area (Å²) in [5.41, 5.74) is 3.90. The molecule has 4 nitrogen and oxygen atoms in total. The van der Waals surface area contributed by atoms with Crippen LogP contribution in [0.4, 0.5) is 18.9 Å². The number of nitrogens with zero attached hydrogens (tertiary/aromatic N) is 3. The van der Waals surface area contributed by atoms with Crippen LogP contribution in [0.5, 0.6) is 0 Å². The van der Waals surface area contributed by atoms with Crippen LogP contribution in [0.1, 0.15) is 11.1 Å². The normalized spacial score (nSPS) is 11.8. The molecule has 2 aromatic carbocycles. The van der Waals surface area contributed by atoms with Gasteiger partial charge in [0.25, 0.3) is 0 Å². The maximum Gasteiger partial charge on any atom is 0.418 e. The van der Waals surface area contributed by atoms with E-state index >= 15 is 0 Å². The fraction of sp³-hybridized carbons (Fsp3) is 0.0476. The Bertz CT molecular complexity index is 1120. The smallest absolute Gasteiger partial charge is 0.278 e. The molecule has 0 fully saturated rings. The number of benzene rings is 2. The fourth-order valence-corrected chi connectivity index (χ4v) is 3.53. The Labute approximate surface area is 168 Å². The molecule has 29 heavy (non-hydrogen) atoms. The van der Waals surface area contributed by atoms with Crippen LogP contribution in [0.2, 0.25) is 0 Å². The van der Waals surface area contributed by atoms with Crippen molar-refractivity contribution in [3.8, 4) is 16.3 Å². The summed E-state index contributed by atoms with van der Waals surface area (Å²) in [7, 11) is 0. The van der Waals surface area contributed by atoms with E-state index in [-0.39, 0.29) is 5.69 Å². The summed E-state index contributed by atoms with van der Waals surface area (Å²) in [6, 6.07) is 18.7. The molecule has 4 rings (SSSR count). The van der Waals surface area contributed by atoms with Gasteiger partial charge in [0.15, 0.2) is 0 Å². The number of hydrogen-bond acceptors (Lipinski definition) is 4. The van der Waals surface area contributed by atoms with E-state index in [1.54, 1.807) is 10.9 Å². The molecule has 1 N–H and O–H groups in total. The Balaban J connectivity index is 1.66. The number of alkyl halides is 3. The van der Waals surface area contributed by atoms with Gasteiger partial charge in [-0.1, -0.05) is 36.4 Å². The molecule has 146 valence electrons. The number of nitrogens with one attached hydrogen (secondary N) is 1. The Morgan fingerprint density at radius 2 is 1.72 bits per heavy atom. The predicted molar refractivity (Wildman–Crippen MR) is 110 cm³/mol. The van der Waals surface area contributed by atoms with E-state index in [1.807, 2.05) is 47.8 Å². The van der Waals surface area contributed by atoms with Crippen molar-refractivity contribution in [2.24, 2.45) is 5.10 Å². The average Bonchev–Trinajstić information content (AvgIpc) is 3.38. The lowest BCUT2D eigenvalue weighted by Gasteiger charge is -2.11. The summed E-state index contributed by atoms with van der Waals surface area (Å²) in [6.45, 7) is 0. The molecule has 0 spiro atoms. The van der Waals surface area contributed by atoms with E-state index in [1.165, 1.54) is 35.8 Å². The zero-order valence-electron chi connectivity index (χ0n) is 15.0. The third-order valence-electron chi connectivity index (χ3n) is 4.14. The van der Waals surface area contributed by atoms with Crippen LogP contribution in [0.25, 0.3) is 16.3 Å². The number of anilines is 1. The van der Waals surface area contributed by atoms with E-state index < -0.39 is 11.7 Å². The standard InChI is InChI=1S/C21H15F3N4S/c22-21(23,24)17-9-4-5-10-18(17)26-25-13-15-14-28(16-7-2-1-3-8-16)27-20(15)19-11-6-12-29-19/h1-14,26H/b25-13+. The molecule has 0 atom stereocenters. The first-order valence-corrected chi connectivity index (χ1v) is 9.54. The lowest BCUT2D eigenvalue weighted by atomic mass is 10.2. The summed E-state index contributed by atoms with van der Waals surface area (Å²) in [6.07, 6.45) is -1.18. The molecule has 0 bridgehead atoms. The number of rotatable bonds is 5. The van der Waals surface area contributed by atoms with Gasteiger partial charge in [-0.25, -0.2) is 4.68 Å². The number of para-hydroxylation sites is 2. The predicted octanol–water partition coefficient (Wildman–Crippen LogP) is 6.07. The Morgan fingerprint density at radius 1 is 0.966 bits per heavy atom. The van der Waals surface area contributed by atoms with E-state index in [0.717, 1.165) is 16.6 Å². The van der Waals surface area contributed by atoms with Crippen molar-refractivity contribution in [1.29, 1.82) is 0 Å². The summed E-state index contributed by atoms with van der Waals surface area (Å²) in [4.78, 5) is 0.942. The molecule has 0 amide bonds. The van der Waals surface area contributed by atoms with Crippen molar-refractivity contribution in [2.75, 3.05) is 5.43 Å². The highest BCUT2D eigenvalue weighted by molar-refractivity contribution is 7.13. The zero-order valence-corrected chi connectivity index (χ0v) is 15.8. The first-order chi connectivity index (χ1) is 14.0. The molecule has 0 aliphatic heterocycles. The second-order valence-corrected chi connectivity index (χ2v) is 7.05. The minimum atomic E-state index is -4.46. The lowest BCUT2D eigenvalue weighted by Crippen LogP contribution is -2.08. The van der Waals surface area contributed by atoms with Gasteiger partial charge in [-0.05, 0) is 35.7 Å². The van der Waals surface area contributed by atoms with Gasteiger partial charge in [-0.15, -0.1) is 11.3 Å². The van der Waals surface area contributed by atoms with Crippen molar-refractivity contribution in [1.82, 2.24) is 9.78 Å². The number of hydrogen-bond donors (Lipinski definition) is 1. The van der Waals surface area contributed by atoms with Crippen LogP contribution in [0, 0.1) is 0 Å². The molecular weight excluding hydrogens is 397 g/mol. The van der Waals surface area contributed by atoms with Crippen LogP contribution in [-0.4, -0.2) is 16.0 Å². The summed E-state index contributed by atoms with van der Waals surface area (Å²) in [5, 5.41) is 10.6. The number of halogens is 3. The second kappa shape index (κ2) is 7.92. The summed E-state index contributed by atoms with van der Waals surface area (Å²) in [5.74, 6) is 0. The van der Waals surface area contributed by atoms with Crippen LogP contribution >= 0.6 is 11.3 Å². The molecule has 0 saturated carbocycles. The number of thiophene rings is 1. The van der Waals surface area contributed by atoms with Crippen molar-refractivity contribution < 1.29 is 13.2 Å². The van der Waals surface area contributed by atoms with Crippen molar-refractivity contribution in [2.45, 2.75) is 6.18 Å². The van der Waals surface area contributed by atoms with Gasteiger partial charge < -0.3 is 0 Å². The molecule has 0 radical (unpaired) electrons. The second-order valence-electron chi connectivity index (χ2n) is 6.10. The highest BCUT2D eigenvalue weighted by atomic mass is 32.1. The van der Waals surface area contributed by atoms with Gasteiger partial charge in [0.2, 0.25) is 0 Å². The molecule has 0 unspecified atom stereocenters. The summed E-state index contributed by atoms with van der Waals surface area (Å²) >= 11 is 1.53. The topological polar surface area (TPSA) is 42.2 Å². The van der Waals surface area contributed by atoms with Crippen LogP contribution in [0.3, 0.4) is 0 Å². The third-order valence-corrected chi connectivity index (χ3v) is 5.02. The quantitative estimate of drug-likeness (QED) is 0.320. The van der Waals surface area contributed by atoms with E-state index in [0.29, 0.717) is 11.3 Å². The largest absolute Gasteiger partial charge is 0.418 e. The van der Waals surface area contributed by atoms with E-state index in [9.17, 15) is 13.2 Å². The minimum Gasteiger partial charge on any atom is -0.278 e. The molecule has 2 heterocycles. The van der Waals surface area contributed by atoms with Gasteiger partial charge in [0.1, 0.15) is 5.69 Å². The molecule has 8 heteroatoms. The van der Waals surface area contributed by atoms with Gasteiger partial charge in [-0.2, -0.15) is 23.4 Å². The number of aromatic nitrogens is 2. The van der Waals surface area contributed by atoms with Crippen LogP contribution < -0.4 is 5.43 Å². The molecule has 0 aliphatic rings. The van der Waals surface area contributed by atoms with Gasteiger partial charge in [-0.3, -0.25) is 5.43 Å².